The van der Waals surface area contributed by atoms with Crippen molar-refractivity contribution in [1.29, 1.82) is 0 Å². The highest BCUT2D eigenvalue weighted by atomic mass is 16.3. The average Bonchev–Trinajstić information content (AvgIpc) is 2.62. The van der Waals surface area contributed by atoms with E-state index in [0.717, 1.165) is 57.1 Å². The lowest BCUT2D eigenvalue weighted by Crippen LogP contribution is -2.41. The predicted octanol–water partition coefficient (Wildman–Crippen LogP) is 2.30. The molecule has 0 bridgehead atoms. The summed E-state index contributed by atoms with van der Waals surface area (Å²) in [5, 5.41) is 10.1. The number of piperidine rings is 1. The number of β-amino-alcohol motifs (C(OH)–C–C–N with tert-alkyl or cyclic N) is 1. The number of aryl methyl sites for hydroxylation is 1. The highest BCUT2D eigenvalue weighted by molar-refractivity contribution is 5.50. The van der Waals surface area contributed by atoms with Crippen LogP contribution in [0.25, 0.3) is 0 Å². The zero-order valence-electron chi connectivity index (χ0n) is 14.9. The van der Waals surface area contributed by atoms with Crippen molar-refractivity contribution >= 4 is 5.82 Å². The van der Waals surface area contributed by atoms with Gasteiger partial charge in [-0.15, -0.1) is 0 Å². The molecule has 4 rings (SSSR count). The number of rotatable bonds is 3. The van der Waals surface area contributed by atoms with Gasteiger partial charge in [0.05, 0.1) is 11.8 Å². The third-order valence-corrected chi connectivity index (χ3v) is 5.17. The van der Waals surface area contributed by atoms with Gasteiger partial charge in [-0.1, -0.05) is 30.3 Å². The molecule has 1 N–H and O–H groups in total. The van der Waals surface area contributed by atoms with E-state index in [4.69, 9.17) is 9.97 Å². The maximum atomic E-state index is 10.1. The zero-order valence-corrected chi connectivity index (χ0v) is 14.9. The van der Waals surface area contributed by atoms with Gasteiger partial charge in [-0.3, -0.25) is 4.90 Å². The number of hydrogen-bond acceptors (Lipinski definition) is 5. The Hall–Kier alpha value is -1.98. The fourth-order valence-electron chi connectivity index (χ4n) is 3.96. The summed E-state index contributed by atoms with van der Waals surface area (Å²) in [4.78, 5) is 14.2. The van der Waals surface area contributed by atoms with Gasteiger partial charge in [0.2, 0.25) is 0 Å². The first-order chi connectivity index (χ1) is 12.2. The molecule has 1 aromatic carbocycles. The molecule has 1 saturated heterocycles. The van der Waals surface area contributed by atoms with Crippen molar-refractivity contribution in [2.24, 2.45) is 0 Å². The van der Waals surface area contributed by atoms with Crippen LogP contribution in [0.4, 0.5) is 5.82 Å². The Bertz CT molecular complexity index is 734. The maximum Gasteiger partial charge on any atom is 0.137 e. The molecule has 132 valence electrons. The van der Waals surface area contributed by atoms with Crippen LogP contribution in [-0.2, 0) is 19.5 Å². The molecular weight excluding hydrogens is 312 g/mol. The zero-order chi connectivity index (χ0) is 17.2. The lowest BCUT2D eigenvalue weighted by atomic mass is 10.0. The Labute approximate surface area is 149 Å². The third kappa shape index (κ3) is 3.67. The fourth-order valence-corrected chi connectivity index (χ4v) is 3.96. The number of aliphatic hydroxyl groups excluding tert-OH is 1. The van der Waals surface area contributed by atoms with Crippen molar-refractivity contribution in [3.63, 3.8) is 0 Å². The Morgan fingerprint density at radius 1 is 1.16 bits per heavy atom. The summed E-state index contributed by atoms with van der Waals surface area (Å²) < 4.78 is 0. The van der Waals surface area contributed by atoms with Crippen molar-refractivity contribution in [3.8, 4) is 0 Å². The molecule has 0 unspecified atom stereocenters. The van der Waals surface area contributed by atoms with E-state index in [1.807, 2.05) is 6.92 Å². The Morgan fingerprint density at radius 3 is 2.80 bits per heavy atom. The second-order valence-electron chi connectivity index (χ2n) is 7.21. The SMILES string of the molecule is Cc1nc2c(c(N3CCC[C@@H](O)C3)n1)CN(Cc1ccccc1)CC2. The number of fused-ring (bicyclic) bond motifs is 1. The molecule has 5 nitrogen and oxygen atoms in total. The Morgan fingerprint density at radius 2 is 2.00 bits per heavy atom. The smallest absolute Gasteiger partial charge is 0.137 e. The highest BCUT2D eigenvalue weighted by Crippen LogP contribution is 2.29. The second kappa shape index (κ2) is 7.10. The van der Waals surface area contributed by atoms with Gasteiger partial charge in [0, 0.05) is 44.7 Å². The predicted molar refractivity (Wildman–Crippen MR) is 98.5 cm³/mol. The van der Waals surface area contributed by atoms with E-state index in [0.29, 0.717) is 6.54 Å². The number of benzene rings is 1. The molecule has 0 amide bonds. The number of nitrogens with zero attached hydrogens (tertiary/aromatic N) is 4. The van der Waals surface area contributed by atoms with E-state index in [2.05, 4.69) is 40.1 Å². The van der Waals surface area contributed by atoms with Gasteiger partial charge in [-0.05, 0) is 25.3 Å². The molecule has 3 heterocycles. The molecule has 2 aliphatic heterocycles. The van der Waals surface area contributed by atoms with Gasteiger partial charge in [-0.2, -0.15) is 0 Å². The van der Waals surface area contributed by atoms with Crippen LogP contribution >= 0.6 is 0 Å². The lowest BCUT2D eigenvalue weighted by Gasteiger charge is -2.36. The van der Waals surface area contributed by atoms with Crippen molar-refractivity contribution < 1.29 is 5.11 Å². The molecule has 2 aromatic rings. The number of aliphatic hydroxyl groups is 1. The van der Waals surface area contributed by atoms with Crippen molar-refractivity contribution in [1.82, 2.24) is 14.9 Å². The molecule has 25 heavy (non-hydrogen) atoms. The summed E-state index contributed by atoms with van der Waals surface area (Å²) in [6.45, 7) is 6.49. The molecule has 0 spiro atoms. The van der Waals surface area contributed by atoms with E-state index in [9.17, 15) is 5.11 Å². The van der Waals surface area contributed by atoms with Gasteiger partial charge in [0.1, 0.15) is 11.6 Å². The molecule has 0 radical (unpaired) electrons. The van der Waals surface area contributed by atoms with Crippen molar-refractivity contribution in [3.05, 3.63) is 53.0 Å². The van der Waals surface area contributed by atoms with Gasteiger partial charge in [0.15, 0.2) is 0 Å². The first-order valence-corrected chi connectivity index (χ1v) is 9.25. The van der Waals surface area contributed by atoms with Crippen LogP contribution in [0.2, 0.25) is 0 Å². The summed E-state index contributed by atoms with van der Waals surface area (Å²) in [5.74, 6) is 1.88. The van der Waals surface area contributed by atoms with Gasteiger partial charge in [-0.25, -0.2) is 9.97 Å². The summed E-state index contributed by atoms with van der Waals surface area (Å²) >= 11 is 0. The molecule has 0 saturated carbocycles. The average molecular weight is 338 g/mol. The van der Waals surface area contributed by atoms with Gasteiger partial charge >= 0.3 is 0 Å². The Kier molecular flexibility index (Phi) is 4.68. The van der Waals surface area contributed by atoms with Crippen LogP contribution in [0.3, 0.4) is 0 Å². The minimum Gasteiger partial charge on any atom is -0.391 e. The molecule has 1 atom stereocenters. The van der Waals surface area contributed by atoms with Crippen LogP contribution < -0.4 is 4.90 Å². The van der Waals surface area contributed by atoms with Crippen molar-refractivity contribution in [2.45, 2.75) is 45.4 Å². The Balaban J connectivity index is 1.59. The second-order valence-corrected chi connectivity index (χ2v) is 7.21. The van der Waals surface area contributed by atoms with Gasteiger partial charge < -0.3 is 10.0 Å². The fraction of sp³-hybridized carbons (Fsp3) is 0.500. The molecule has 2 aliphatic rings. The summed E-state index contributed by atoms with van der Waals surface area (Å²) in [6, 6.07) is 10.6. The number of anilines is 1. The van der Waals surface area contributed by atoms with E-state index >= 15 is 0 Å². The molecule has 0 aliphatic carbocycles. The van der Waals surface area contributed by atoms with E-state index in [-0.39, 0.29) is 6.10 Å². The lowest BCUT2D eigenvalue weighted by molar-refractivity contribution is 0.153. The van der Waals surface area contributed by atoms with Crippen LogP contribution in [0.1, 0.15) is 35.5 Å². The largest absolute Gasteiger partial charge is 0.391 e. The van der Waals surface area contributed by atoms with E-state index in [1.165, 1.54) is 16.8 Å². The van der Waals surface area contributed by atoms with Crippen molar-refractivity contribution in [2.75, 3.05) is 24.5 Å². The number of hydrogen-bond donors (Lipinski definition) is 1. The summed E-state index contributed by atoms with van der Waals surface area (Å²) in [7, 11) is 0. The molecule has 5 heteroatoms. The molecule has 1 aromatic heterocycles. The third-order valence-electron chi connectivity index (χ3n) is 5.17. The topological polar surface area (TPSA) is 52.5 Å². The monoisotopic (exact) mass is 338 g/mol. The minimum absolute atomic E-state index is 0.247. The quantitative estimate of drug-likeness (QED) is 0.931. The normalized spacial score (nSPS) is 21.2. The standard InChI is InChI=1S/C20H26N4O/c1-15-21-19-9-11-23(12-16-6-3-2-4-7-16)14-18(19)20(22-15)24-10-5-8-17(25)13-24/h2-4,6-7,17,25H,5,8-14H2,1H3/t17-/m1/s1. The first kappa shape index (κ1) is 16.5. The summed E-state index contributed by atoms with van der Waals surface area (Å²) in [5.41, 5.74) is 3.78. The first-order valence-electron chi connectivity index (χ1n) is 9.25. The van der Waals surface area contributed by atoms with Crippen LogP contribution in [0, 0.1) is 6.92 Å². The van der Waals surface area contributed by atoms with E-state index < -0.39 is 0 Å². The van der Waals surface area contributed by atoms with Crippen LogP contribution in [0.5, 0.6) is 0 Å². The van der Waals surface area contributed by atoms with E-state index in [1.54, 1.807) is 0 Å². The maximum absolute atomic E-state index is 10.1. The minimum atomic E-state index is -0.247. The van der Waals surface area contributed by atoms with Crippen LogP contribution in [-0.4, -0.2) is 45.7 Å². The van der Waals surface area contributed by atoms with Crippen LogP contribution in [0.15, 0.2) is 30.3 Å². The molecular formula is C20H26N4O. The highest BCUT2D eigenvalue weighted by Gasteiger charge is 2.27. The number of aromatic nitrogens is 2. The summed E-state index contributed by atoms with van der Waals surface area (Å²) in [6.07, 6.45) is 2.63. The van der Waals surface area contributed by atoms with Gasteiger partial charge in [0.25, 0.3) is 0 Å². The molecule has 1 fully saturated rings.